The second-order valence-electron chi connectivity index (χ2n) is 4.73. The third kappa shape index (κ3) is 1.52. The molecule has 1 unspecified atom stereocenters. The Morgan fingerprint density at radius 3 is 3.06 bits per heavy atom. The smallest absolute Gasteiger partial charge is 0.263 e. The molecule has 2 aromatic rings. The van der Waals surface area contributed by atoms with Gasteiger partial charge in [0.25, 0.3) is 5.56 Å². The summed E-state index contributed by atoms with van der Waals surface area (Å²) in [4.78, 5) is 17.8. The Morgan fingerprint density at radius 1 is 1.53 bits per heavy atom. The van der Waals surface area contributed by atoms with Crippen LogP contribution < -0.4 is 5.56 Å². The summed E-state index contributed by atoms with van der Waals surface area (Å²) >= 11 is 6.86. The van der Waals surface area contributed by atoms with E-state index in [0.717, 1.165) is 16.6 Å². The van der Waals surface area contributed by atoms with Gasteiger partial charge in [-0.25, -0.2) is 0 Å². The van der Waals surface area contributed by atoms with Gasteiger partial charge in [0.15, 0.2) is 4.77 Å². The van der Waals surface area contributed by atoms with E-state index in [4.69, 9.17) is 12.2 Å². The Labute approximate surface area is 108 Å². The van der Waals surface area contributed by atoms with E-state index in [9.17, 15) is 4.79 Å². The first-order valence-corrected chi connectivity index (χ1v) is 7.06. The van der Waals surface area contributed by atoms with Crippen molar-refractivity contribution in [1.82, 2.24) is 9.55 Å². The average Bonchev–Trinajstić information content (AvgIpc) is 2.65. The Morgan fingerprint density at radius 2 is 2.29 bits per heavy atom. The molecule has 0 bridgehead atoms. The first-order chi connectivity index (χ1) is 8.09. The van der Waals surface area contributed by atoms with E-state index in [1.54, 1.807) is 18.4 Å². The number of rotatable bonds is 0. The molecule has 1 N–H and O–H groups in total. The summed E-state index contributed by atoms with van der Waals surface area (Å²) in [6.07, 6.45) is 3.50. The molecule has 0 aromatic carbocycles. The van der Waals surface area contributed by atoms with E-state index < -0.39 is 0 Å². The number of nitrogens with zero attached hydrogens (tertiary/aromatic N) is 1. The van der Waals surface area contributed by atoms with Gasteiger partial charge in [-0.15, -0.1) is 11.3 Å². The maximum atomic E-state index is 12.3. The molecule has 1 aliphatic rings. The second kappa shape index (κ2) is 3.78. The number of aromatic amines is 1. The van der Waals surface area contributed by atoms with E-state index in [1.165, 1.54) is 27.8 Å². The van der Waals surface area contributed by atoms with Gasteiger partial charge < -0.3 is 4.98 Å². The quantitative estimate of drug-likeness (QED) is 0.744. The lowest BCUT2D eigenvalue weighted by Gasteiger charge is -2.18. The van der Waals surface area contributed by atoms with Gasteiger partial charge in [0.1, 0.15) is 4.83 Å². The topological polar surface area (TPSA) is 37.8 Å². The van der Waals surface area contributed by atoms with E-state index in [2.05, 4.69) is 11.9 Å². The van der Waals surface area contributed by atoms with Gasteiger partial charge in [0, 0.05) is 11.9 Å². The Balaban J connectivity index is 2.50. The van der Waals surface area contributed by atoms with Crippen molar-refractivity contribution >= 4 is 33.8 Å². The summed E-state index contributed by atoms with van der Waals surface area (Å²) in [6, 6.07) is 0. The fourth-order valence-electron chi connectivity index (χ4n) is 2.65. The lowest BCUT2D eigenvalue weighted by atomic mass is 9.88. The average molecular weight is 266 g/mol. The molecule has 0 saturated carbocycles. The molecular weight excluding hydrogens is 252 g/mol. The number of aromatic nitrogens is 2. The normalized spacial score (nSPS) is 19.5. The fraction of sp³-hybridized carbons (Fsp3) is 0.500. The Hall–Kier alpha value is -0.940. The number of aryl methyl sites for hydroxylation is 1. The van der Waals surface area contributed by atoms with Gasteiger partial charge in [0.2, 0.25) is 0 Å². The van der Waals surface area contributed by atoms with Crippen LogP contribution in [0.3, 0.4) is 0 Å². The van der Waals surface area contributed by atoms with E-state index >= 15 is 0 Å². The Bertz CT molecular complexity index is 708. The minimum absolute atomic E-state index is 0.0509. The molecule has 17 heavy (non-hydrogen) atoms. The van der Waals surface area contributed by atoms with Gasteiger partial charge in [-0.05, 0) is 43.0 Å². The molecule has 90 valence electrons. The zero-order valence-corrected chi connectivity index (χ0v) is 11.5. The molecule has 3 rings (SSSR count). The summed E-state index contributed by atoms with van der Waals surface area (Å²) in [7, 11) is 1.73. The summed E-state index contributed by atoms with van der Waals surface area (Å²) in [5.74, 6) is 0.490. The van der Waals surface area contributed by atoms with Crippen LogP contribution in [-0.2, 0) is 13.5 Å². The maximum Gasteiger partial charge on any atom is 0.263 e. The van der Waals surface area contributed by atoms with Gasteiger partial charge in [0.05, 0.1) is 5.39 Å². The van der Waals surface area contributed by atoms with Crippen LogP contribution in [0.15, 0.2) is 4.79 Å². The second-order valence-corrected chi connectivity index (χ2v) is 6.22. The fourth-order valence-corrected chi connectivity index (χ4v) is 4.25. The van der Waals surface area contributed by atoms with Gasteiger partial charge in [-0.2, -0.15) is 0 Å². The maximum absolute atomic E-state index is 12.3. The van der Waals surface area contributed by atoms with Gasteiger partial charge in [-0.1, -0.05) is 6.92 Å². The monoisotopic (exact) mass is 266 g/mol. The highest BCUT2D eigenvalue weighted by Gasteiger charge is 2.24. The molecule has 3 nitrogen and oxygen atoms in total. The van der Waals surface area contributed by atoms with Crippen molar-refractivity contribution in [3.8, 4) is 0 Å². The lowest BCUT2D eigenvalue weighted by molar-refractivity contribution is 0.601. The van der Waals surface area contributed by atoms with Crippen LogP contribution >= 0.6 is 23.6 Å². The van der Waals surface area contributed by atoms with Crippen LogP contribution in [0, 0.1) is 4.77 Å². The lowest BCUT2D eigenvalue weighted by Crippen LogP contribution is -2.19. The van der Waals surface area contributed by atoms with Crippen LogP contribution in [0.4, 0.5) is 0 Å². The number of fused-ring (bicyclic) bond motifs is 3. The third-order valence-electron chi connectivity index (χ3n) is 3.60. The van der Waals surface area contributed by atoms with E-state index in [0.29, 0.717) is 10.7 Å². The van der Waals surface area contributed by atoms with E-state index in [1.807, 2.05) is 0 Å². The molecule has 1 atom stereocenters. The molecule has 0 spiro atoms. The first kappa shape index (κ1) is 11.2. The minimum atomic E-state index is 0.0509. The molecule has 0 amide bonds. The summed E-state index contributed by atoms with van der Waals surface area (Å²) in [6.45, 7) is 2.21. The number of hydrogen-bond donors (Lipinski definition) is 1. The predicted molar refractivity (Wildman–Crippen MR) is 73.6 cm³/mol. The number of hydrogen-bond acceptors (Lipinski definition) is 3. The highest BCUT2D eigenvalue weighted by Crippen LogP contribution is 2.39. The van der Waals surface area contributed by atoms with Gasteiger partial charge in [-0.3, -0.25) is 9.36 Å². The van der Waals surface area contributed by atoms with Crippen LogP contribution in [0.1, 0.15) is 36.1 Å². The van der Waals surface area contributed by atoms with Gasteiger partial charge >= 0.3 is 0 Å². The molecule has 0 fully saturated rings. The number of thiophene rings is 1. The van der Waals surface area contributed by atoms with Crippen molar-refractivity contribution in [2.75, 3.05) is 0 Å². The largest absolute Gasteiger partial charge is 0.323 e. The molecule has 5 heteroatoms. The molecular formula is C12H14N2OS2. The minimum Gasteiger partial charge on any atom is -0.323 e. The highest BCUT2D eigenvalue weighted by molar-refractivity contribution is 7.71. The Kier molecular flexibility index (Phi) is 2.48. The van der Waals surface area contributed by atoms with Crippen LogP contribution in [0.5, 0.6) is 0 Å². The number of H-pyrrole nitrogens is 1. The van der Waals surface area contributed by atoms with Crippen molar-refractivity contribution in [2.45, 2.75) is 32.1 Å². The van der Waals surface area contributed by atoms with E-state index in [-0.39, 0.29) is 5.56 Å². The zero-order chi connectivity index (χ0) is 12.2. The SMILES string of the molecule is CC1CCCc2sc3[nH]c(=S)n(C)c(=O)c3c21. The van der Waals surface area contributed by atoms with Crippen LogP contribution in [0.25, 0.3) is 10.2 Å². The molecule has 2 aromatic heterocycles. The standard InChI is InChI=1S/C12H14N2OS2/c1-6-4-3-5-7-8(6)9-10(17-7)13-12(16)14(2)11(9)15/h6H,3-5H2,1-2H3,(H,13,16). The van der Waals surface area contributed by atoms with Crippen LogP contribution in [0.2, 0.25) is 0 Å². The molecule has 0 radical (unpaired) electrons. The predicted octanol–water partition coefficient (Wildman–Crippen LogP) is 3.10. The van der Waals surface area contributed by atoms with Crippen molar-refractivity contribution < 1.29 is 0 Å². The summed E-state index contributed by atoms with van der Waals surface area (Å²) < 4.78 is 2.04. The van der Waals surface area contributed by atoms with Crippen LogP contribution in [-0.4, -0.2) is 9.55 Å². The molecule has 0 saturated heterocycles. The first-order valence-electron chi connectivity index (χ1n) is 5.84. The summed E-state index contributed by atoms with van der Waals surface area (Å²) in [5.41, 5.74) is 1.32. The number of nitrogens with one attached hydrogen (secondary N) is 1. The summed E-state index contributed by atoms with van der Waals surface area (Å²) in [5, 5.41) is 0.869. The molecule has 1 aliphatic carbocycles. The van der Waals surface area contributed by atoms with Crippen molar-refractivity contribution in [1.29, 1.82) is 0 Å². The van der Waals surface area contributed by atoms with Crippen molar-refractivity contribution in [3.63, 3.8) is 0 Å². The molecule has 2 heterocycles. The zero-order valence-electron chi connectivity index (χ0n) is 9.87. The van der Waals surface area contributed by atoms with Crippen molar-refractivity contribution in [3.05, 3.63) is 25.6 Å². The molecule has 0 aliphatic heterocycles. The van der Waals surface area contributed by atoms with Crippen molar-refractivity contribution in [2.24, 2.45) is 7.05 Å². The highest BCUT2D eigenvalue weighted by atomic mass is 32.1. The third-order valence-corrected chi connectivity index (χ3v) is 5.16.